The van der Waals surface area contributed by atoms with Gasteiger partial charge in [-0.05, 0) is 36.1 Å². The van der Waals surface area contributed by atoms with E-state index >= 15 is 0 Å². The van der Waals surface area contributed by atoms with E-state index in [4.69, 9.17) is 16.6 Å². The van der Waals surface area contributed by atoms with E-state index in [2.05, 4.69) is 16.0 Å². The highest BCUT2D eigenvalue weighted by Crippen LogP contribution is 2.12. The summed E-state index contributed by atoms with van der Waals surface area (Å²) in [6.07, 6.45) is 1.21. The number of aliphatic hydroxyl groups excluding tert-OH is 1. The number of thioether (sulfide) groups is 1. The lowest BCUT2D eigenvalue weighted by Crippen LogP contribution is -2.58. The van der Waals surface area contributed by atoms with Crippen molar-refractivity contribution < 1.29 is 39.3 Å². The average Bonchev–Trinajstić information content (AvgIpc) is 2.80. The zero-order valence-electron chi connectivity index (χ0n) is 19.1. The van der Waals surface area contributed by atoms with E-state index in [0.717, 1.165) is 0 Å². The van der Waals surface area contributed by atoms with Gasteiger partial charge in [-0.15, -0.1) is 0 Å². The number of carbonyl (C=O) groups excluding carboxylic acids is 4. The van der Waals surface area contributed by atoms with E-state index in [9.17, 15) is 34.2 Å². The SMILES string of the molecule is CSCCC(NC(=O)C(Cc1ccc(O)cc1)NC(=O)C(CC(N)=O)NC(=O)C(N)CO)C(=O)O. The Morgan fingerprint density at radius 1 is 0.943 bits per heavy atom. The molecule has 1 aromatic rings. The zero-order valence-corrected chi connectivity index (χ0v) is 19.9. The molecule has 35 heavy (non-hydrogen) atoms. The molecule has 0 saturated heterocycles. The van der Waals surface area contributed by atoms with Gasteiger partial charge >= 0.3 is 5.97 Å². The van der Waals surface area contributed by atoms with E-state index in [-0.39, 0.29) is 18.6 Å². The minimum atomic E-state index is -1.50. The third-order valence-electron chi connectivity index (χ3n) is 4.81. The van der Waals surface area contributed by atoms with Crippen molar-refractivity contribution in [2.24, 2.45) is 11.5 Å². The van der Waals surface area contributed by atoms with E-state index in [0.29, 0.717) is 11.3 Å². The number of amides is 4. The molecule has 10 N–H and O–H groups in total. The number of carboxylic acids is 1. The molecule has 0 aliphatic heterocycles. The van der Waals surface area contributed by atoms with Gasteiger partial charge in [0.15, 0.2) is 0 Å². The second-order valence-corrected chi connectivity index (χ2v) is 8.62. The number of nitrogens with one attached hydrogen (secondary N) is 3. The van der Waals surface area contributed by atoms with Crippen LogP contribution >= 0.6 is 11.8 Å². The molecule has 4 unspecified atom stereocenters. The summed E-state index contributed by atoms with van der Waals surface area (Å²) in [5.74, 6) is -4.41. The van der Waals surface area contributed by atoms with Crippen LogP contribution in [0, 0.1) is 0 Å². The maximum absolute atomic E-state index is 13.0. The van der Waals surface area contributed by atoms with Gasteiger partial charge in [0, 0.05) is 6.42 Å². The van der Waals surface area contributed by atoms with Gasteiger partial charge in [-0.1, -0.05) is 12.1 Å². The van der Waals surface area contributed by atoms with Crippen LogP contribution in [-0.4, -0.2) is 87.7 Å². The monoisotopic (exact) mass is 513 g/mol. The van der Waals surface area contributed by atoms with Crippen molar-refractivity contribution in [1.29, 1.82) is 0 Å². The lowest BCUT2D eigenvalue weighted by atomic mass is 10.0. The maximum Gasteiger partial charge on any atom is 0.326 e. The number of hydrogen-bond acceptors (Lipinski definition) is 9. The summed E-state index contributed by atoms with van der Waals surface area (Å²) < 4.78 is 0. The number of nitrogens with two attached hydrogens (primary N) is 2. The van der Waals surface area contributed by atoms with Crippen LogP contribution in [0.1, 0.15) is 18.4 Å². The van der Waals surface area contributed by atoms with E-state index < -0.39 is 66.8 Å². The maximum atomic E-state index is 13.0. The Hall–Kier alpha value is -3.36. The summed E-state index contributed by atoms with van der Waals surface area (Å²) in [5.41, 5.74) is 11.1. The lowest BCUT2D eigenvalue weighted by Gasteiger charge is -2.25. The van der Waals surface area contributed by atoms with Gasteiger partial charge in [-0.2, -0.15) is 11.8 Å². The van der Waals surface area contributed by atoms with E-state index in [1.807, 2.05) is 0 Å². The fourth-order valence-electron chi connectivity index (χ4n) is 2.89. The molecule has 13 nitrogen and oxygen atoms in total. The number of aliphatic hydroxyl groups is 1. The lowest BCUT2D eigenvalue weighted by molar-refractivity contribution is -0.142. The highest BCUT2D eigenvalue weighted by molar-refractivity contribution is 7.98. The molecule has 0 fully saturated rings. The molecule has 0 radical (unpaired) electrons. The number of phenols is 1. The predicted octanol–water partition coefficient (Wildman–Crippen LogP) is -2.58. The Kier molecular flexibility index (Phi) is 12.6. The third-order valence-corrected chi connectivity index (χ3v) is 5.45. The molecule has 1 aromatic carbocycles. The Morgan fingerprint density at radius 2 is 1.49 bits per heavy atom. The quantitative estimate of drug-likeness (QED) is 0.122. The molecule has 1 rings (SSSR count). The van der Waals surface area contributed by atoms with Crippen LogP contribution in [-0.2, 0) is 30.4 Å². The number of carbonyl (C=O) groups is 5. The predicted molar refractivity (Wildman–Crippen MR) is 127 cm³/mol. The van der Waals surface area contributed by atoms with Gasteiger partial charge in [0.2, 0.25) is 23.6 Å². The molecule has 194 valence electrons. The smallest absolute Gasteiger partial charge is 0.326 e. The van der Waals surface area contributed by atoms with Gasteiger partial charge in [-0.3, -0.25) is 19.2 Å². The summed E-state index contributed by atoms with van der Waals surface area (Å²) in [4.78, 5) is 60.9. The largest absolute Gasteiger partial charge is 0.508 e. The number of carboxylic acid groups (broad SMARTS) is 1. The van der Waals surface area contributed by atoms with Crippen molar-refractivity contribution in [3.63, 3.8) is 0 Å². The molecule has 4 amide bonds. The summed E-state index contributed by atoms with van der Waals surface area (Å²) in [5, 5.41) is 34.9. The Labute approximate surface area is 206 Å². The number of aliphatic carboxylic acids is 1. The van der Waals surface area contributed by atoms with Gasteiger partial charge in [-0.25, -0.2) is 4.79 Å². The van der Waals surface area contributed by atoms with Gasteiger partial charge in [0.05, 0.1) is 13.0 Å². The summed E-state index contributed by atoms with van der Waals surface area (Å²) in [7, 11) is 0. The minimum Gasteiger partial charge on any atom is -0.508 e. The Bertz CT molecular complexity index is 898. The molecule has 4 atom stereocenters. The summed E-state index contributed by atoms with van der Waals surface area (Å²) in [6, 6.07) is 0.384. The number of rotatable bonds is 15. The van der Waals surface area contributed by atoms with Gasteiger partial charge in [0.25, 0.3) is 0 Å². The number of primary amides is 1. The highest BCUT2D eigenvalue weighted by atomic mass is 32.2. The second kappa shape index (κ2) is 14.8. The molecule has 0 bridgehead atoms. The van der Waals surface area contributed by atoms with Crippen molar-refractivity contribution in [2.45, 2.75) is 43.4 Å². The van der Waals surface area contributed by atoms with Crippen molar-refractivity contribution in [3.05, 3.63) is 29.8 Å². The van der Waals surface area contributed by atoms with Crippen LogP contribution in [0.3, 0.4) is 0 Å². The van der Waals surface area contributed by atoms with Crippen LogP contribution in [0.2, 0.25) is 0 Å². The first-order valence-electron chi connectivity index (χ1n) is 10.5. The molecule has 0 aliphatic rings. The van der Waals surface area contributed by atoms with Gasteiger partial charge < -0.3 is 42.7 Å². The molecular formula is C21H31N5O8S. The summed E-state index contributed by atoms with van der Waals surface area (Å²) in [6.45, 7) is -0.713. The fourth-order valence-corrected chi connectivity index (χ4v) is 3.36. The number of benzene rings is 1. The Morgan fingerprint density at radius 3 is 2.00 bits per heavy atom. The normalized spacial score (nSPS) is 14.1. The van der Waals surface area contributed by atoms with Crippen LogP contribution in [0.4, 0.5) is 0 Å². The molecular weight excluding hydrogens is 482 g/mol. The van der Waals surface area contributed by atoms with Crippen LogP contribution in [0.5, 0.6) is 5.75 Å². The fraction of sp³-hybridized carbons (Fsp3) is 0.476. The van der Waals surface area contributed by atoms with Crippen LogP contribution in [0.15, 0.2) is 24.3 Å². The standard InChI is InChI=1S/C21H31N5O8S/c1-35-7-6-14(21(33)34)24-19(31)15(8-11-2-4-12(28)5-3-11)26-20(32)16(9-17(23)29)25-18(30)13(22)10-27/h2-5,13-16,27-28H,6-10,22H2,1H3,(H2,23,29)(H,24,31)(H,25,30)(H,26,32)(H,33,34). The van der Waals surface area contributed by atoms with Crippen molar-refractivity contribution in [1.82, 2.24) is 16.0 Å². The topological polar surface area (TPSA) is 234 Å². The highest BCUT2D eigenvalue weighted by Gasteiger charge is 2.31. The molecule has 0 heterocycles. The summed E-state index contributed by atoms with van der Waals surface area (Å²) >= 11 is 1.40. The minimum absolute atomic E-state index is 0.0220. The molecule has 0 aromatic heterocycles. The molecule has 0 aliphatic carbocycles. The second-order valence-electron chi connectivity index (χ2n) is 7.63. The van der Waals surface area contributed by atoms with Crippen molar-refractivity contribution >= 4 is 41.4 Å². The van der Waals surface area contributed by atoms with Crippen LogP contribution < -0.4 is 27.4 Å². The first kappa shape index (κ1) is 29.7. The molecule has 0 spiro atoms. The molecule has 0 saturated carbocycles. The zero-order chi connectivity index (χ0) is 26.5. The third kappa shape index (κ3) is 10.6. The number of hydrogen-bond donors (Lipinski definition) is 8. The van der Waals surface area contributed by atoms with Gasteiger partial charge in [0.1, 0.15) is 29.9 Å². The Balaban J connectivity index is 3.14. The van der Waals surface area contributed by atoms with Crippen molar-refractivity contribution in [3.8, 4) is 5.75 Å². The van der Waals surface area contributed by atoms with E-state index in [1.54, 1.807) is 6.26 Å². The first-order valence-corrected chi connectivity index (χ1v) is 11.9. The van der Waals surface area contributed by atoms with Crippen LogP contribution in [0.25, 0.3) is 0 Å². The van der Waals surface area contributed by atoms with Crippen molar-refractivity contribution in [2.75, 3.05) is 18.6 Å². The first-order chi connectivity index (χ1) is 16.5. The van der Waals surface area contributed by atoms with E-state index in [1.165, 1.54) is 36.0 Å². The number of aromatic hydroxyl groups is 1. The molecule has 14 heteroatoms. The average molecular weight is 514 g/mol. The number of phenolic OH excluding ortho intramolecular Hbond substituents is 1.